The van der Waals surface area contributed by atoms with Gasteiger partial charge in [0.1, 0.15) is 11.5 Å². The van der Waals surface area contributed by atoms with Crippen LogP contribution in [-0.2, 0) is 14.3 Å². The number of pyridine rings is 1. The lowest BCUT2D eigenvalue weighted by molar-refractivity contribution is -0.143. The fraction of sp³-hybridized carbons (Fsp3) is 0.304. The minimum atomic E-state index is -0.754. The molecule has 8 nitrogen and oxygen atoms in total. The van der Waals surface area contributed by atoms with Crippen molar-refractivity contribution in [1.82, 2.24) is 9.55 Å². The van der Waals surface area contributed by atoms with Crippen molar-refractivity contribution in [2.45, 2.75) is 26.7 Å². The van der Waals surface area contributed by atoms with Gasteiger partial charge >= 0.3 is 12.1 Å². The SMILES string of the molecule is CCOC(=O)CCCNc1c(C(=O)c2cccnc2)n(C(=O)OCC)c2ccc(F)cc12. The molecule has 2 aromatic heterocycles. The van der Waals surface area contributed by atoms with E-state index in [1.807, 2.05) is 0 Å². The molecule has 0 saturated carbocycles. The van der Waals surface area contributed by atoms with E-state index in [1.165, 1.54) is 30.6 Å². The summed E-state index contributed by atoms with van der Waals surface area (Å²) in [6, 6.07) is 7.06. The van der Waals surface area contributed by atoms with E-state index in [1.54, 1.807) is 26.0 Å². The van der Waals surface area contributed by atoms with E-state index in [0.717, 1.165) is 4.57 Å². The Bertz CT molecular complexity index is 1130. The summed E-state index contributed by atoms with van der Waals surface area (Å²) >= 11 is 0. The number of aromatic nitrogens is 2. The minimum Gasteiger partial charge on any atom is -0.466 e. The van der Waals surface area contributed by atoms with Gasteiger partial charge in [0.2, 0.25) is 5.78 Å². The fourth-order valence-corrected chi connectivity index (χ4v) is 3.35. The Hall–Kier alpha value is -3.75. The zero-order valence-electron chi connectivity index (χ0n) is 17.9. The van der Waals surface area contributed by atoms with Crippen LogP contribution < -0.4 is 5.32 Å². The molecule has 1 N–H and O–H groups in total. The summed E-state index contributed by atoms with van der Waals surface area (Å²) in [6.45, 7) is 4.07. The van der Waals surface area contributed by atoms with Gasteiger partial charge in [0.05, 0.1) is 24.4 Å². The highest BCUT2D eigenvalue weighted by Crippen LogP contribution is 2.34. The molecule has 0 unspecified atom stereocenters. The predicted molar refractivity (Wildman–Crippen MR) is 116 cm³/mol. The maximum atomic E-state index is 14.1. The van der Waals surface area contributed by atoms with Crippen LogP contribution >= 0.6 is 0 Å². The van der Waals surface area contributed by atoms with Crippen molar-refractivity contribution in [3.63, 3.8) is 0 Å². The highest BCUT2D eigenvalue weighted by atomic mass is 19.1. The van der Waals surface area contributed by atoms with E-state index in [2.05, 4.69) is 10.3 Å². The molecule has 168 valence electrons. The number of anilines is 1. The molecule has 0 aliphatic carbocycles. The number of fused-ring (bicyclic) bond motifs is 1. The van der Waals surface area contributed by atoms with Crippen LogP contribution in [0.5, 0.6) is 0 Å². The normalized spacial score (nSPS) is 10.7. The lowest BCUT2D eigenvalue weighted by Gasteiger charge is -2.11. The molecule has 0 atom stereocenters. The summed E-state index contributed by atoms with van der Waals surface area (Å²) < 4.78 is 25.3. The van der Waals surface area contributed by atoms with Crippen LogP contribution in [0.2, 0.25) is 0 Å². The number of nitrogens with one attached hydrogen (secondary N) is 1. The van der Waals surface area contributed by atoms with Crippen LogP contribution in [0.3, 0.4) is 0 Å². The van der Waals surface area contributed by atoms with Gasteiger partial charge in [0, 0.05) is 36.3 Å². The molecule has 2 heterocycles. The van der Waals surface area contributed by atoms with Crippen LogP contribution in [0.1, 0.15) is 42.7 Å². The van der Waals surface area contributed by atoms with Gasteiger partial charge in [-0.1, -0.05) is 0 Å². The first-order chi connectivity index (χ1) is 15.5. The number of nitrogens with zero attached hydrogens (tertiary/aromatic N) is 2. The highest BCUT2D eigenvalue weighted by molar-refractivity contribution is 6.19. The number of carbonyl (C=O) groups is 3. The fourth-order valence-electron chi connectivity index (χ4n) is 3.35. The molecule has 0 bridgehead atoms. The lowest BCUT2D eigenvalue weighted by Crippen LogP contribution is -2.21. The molecule has 0 fully saturated rings. The number of hydrogen-bond acceptors (Lipinski definition) is 7. The van der Waals surface area contributed by atoms with Gasteiger partial charge in [0.25, 0.3) is 0 Å². The standard InChI is InChI=1S/C23H24FN3O5/c1-3-31-19(28)8-6-12-26-20-17-13-16(24)9-10-18(17)27(23(30)32-4-2)21(20)22(29)15-7-5-11-25-14-15/h5,7,9-11,13-14,26H,3-4,6,8,12H2,1-2H3. The number of carbonyl (C=O) groups excluding carboxylic acids is 3. The predicted octanol–water partition coefficient (Wildman–Crippen LogP) is 4.17. The molecule has 0 aliphatic heterocycles. The Labute approximate surface area is 184 Å². The Morgan fingerprint density at radius 1 is 1.12 bits per heavy atom. The lowest BCUT2D eigenvalue weighted by atomic mass is 10.1. The summed E-state index contributed by atoms with van der Waals surface area (Å²) in [5.74, 6) is -1.33. The molecule has 3 rings (SSSR count). The highest BCUT2D eigenvalue weighted by Gasteiger charge is 2.28. The van der Waals surface area contributed by atoms with Gasteiger partial charge in [0.15, 0.2) is 0 Å². The van der Waals surface area contributed by atoms with E-state index >= 15 is 0 Å². The van der Waals surface area contributed by atoms with E-state index in [-0.39, 0.29) is 35.9 Å². The maximum Gasteiger partial charge on any atom is 0.419 e. The van der Waals surface area contributed by atoms with Crippen LogP contribution in [0.15, 0.2) is 42.7 Å². The molecule has 3 aromatic rings. The Morgan fingerprint density at radius 3 is 2.59 bits per heavy atom. The van der Waals surface area contributed by atoms with Gasteiger partial charge in [-0.25, -0.2) is 13.8 Å². The second kappa shape index (κ2) is 10.5. The molecule has 0 spiro atoms. The third-order valence-corrected chi connectivity index (χ3v) is 4.68. The van der Waals surface area contributed by atoms with Crippen molar-refractivity contribution in [1.29, 1.82) is 0 Å². The maximum absolute atomic E-state index is 14.1. The summed E-state index contributed by atoms with van der Waals surface area (Å²) in [7, 11) is 0. The van der Waals surface area contributed by atoms with Crippen molar-refractivity contribution < 1.29 is 28.2 Å². The number of esters is 1. The topological polar surface area (TPSA) is 99.5 Å². The minimum absolute atomic E-state index is 0.00758. The smallest absolute Gasteiger partial charge is 0.419 e. The third kappa shape index (κ3) is 4.93. The quantitative estimate of drug-likeness (QED) is 0.302. The van der Waals surface area contributed by atoms with Crippen LogP contribution in [0.4, 0.5) is 14.9 Å². The van der Waals surface area contributed by atoms with Gasteiger partial charge in [-0.2, -0.15) is 0 Å². The van der Waals surface area contributed by atoms with Crippen LogP contribution in [0, 0.1) is 5.82 Å². The number of rotatable bonds is 9. The van der Waals surface area contributed by atoms with Gasteiger partial charge < -0.3 is 14.8 Å². The number of benzene rings is 1. The molecule has 1 aromatic carbocycles. The van der Waals surface area contributed by atoms with Gasteiger partial charge in [-0.3, -0.25) is 14.6 Å². The molecule has 0 saturated heterocycles. The number of halogens is 1. The second-order valence-corrected chi connectivity index (χ2v) is 6.83. The first-order valence-electron chi connectivity index (χ1n) is 10.3. The number of ketones is 1. The zero-order valence-corrected chi connectivity index (χ0v) is 17.9. The summed E-state index contributed by atoms with van der Waals surface area (Å²) in [6.07, 6.45) is 2.76. The van der Waals surface area contributed by atoms with Crippen molar-refractivity contribution in [3.05, 3.63) is 59.8 Å². The monoisotopic (exact) mass is 441 g/mol. The average Bonchev–Trinajstić information content (AvgIpc) is 3.10. The van der Waals surface area contributed by atoms with E-state index in [9.17, 15) is 18.8 Å². The van der Waals surface area contributed by atoms with Crippen LogP contribution in [0.25, 0.3) is 10.9 Å². The largest absolute Gasteiger partial charge is 0.466 e. The summed E-state index contributed by atoms with van der Waals surface area (Å²) in [5.41, 5.74) is 0.874. The van der Waals surface area contributed by atoms with Crippen molar-refractivity contribution in [2.24, 2.45) is 0 Å². The third-order valence-electron chi connectivity index (χ3n) is 4.68. The Kier molecular flexibility index (Phi) is 7.54. The Morgan fingerprint density at radius 2 is 1.91 bits per heavy atom. The molecule has 0 amide bonds. The van der Waals surface area contributed by atoms with E-state index < -0.39 is 17.7 Å². The first-order valence-corrected chi connectivity index (χ1v) is 10.3. The van der Waals surface area contributed by atoms with Crippen molar-refractivity contribution in [2.75, 3.05) is 25.1 Å². The number of ether oxygens (including phenoxy) is 2. The summed E-state index contributed by atoms with van der Waals surface area (Å²) in [5, 5.41) is 3.45. The Balaban J connectivity index is 2.08. The molecule has 0 radical (unpaired) electrons. The zero-order chi connectivity index (χ0) is 23.1. The van der Waals surface area contributed by atoms with Crippen molar-refractivity contribution >= 4 is 34.4 Å². The second-order valence-electron chi connectivity index (χ2n) is 6.83. The van der Waals surface area contributed by atoms with Gasteiger partial charge in [-0.15, -0.1) is 0 Å². The van der Waals surface area contributed by atoms with Crippen molar-refractivity contribution in [3.8, 4) is 0 Å². The first kappa shape index (κ1) is 22.9. The molecule has 0 aliphatic rings. The summed E-state index contributed by atoms with van der Waals surface area (Å²) in [4.78, 5) is 41.8. The van der Waals surface area contributed by atoms with Gasteiger partial charge in [-0.05, 0) is 50.6 Å². The van der Waals surface area contributed by atoms with E-state index in [4.69, 9.17) is 9.47 Å². The van der Waals surface area contributed by atoms with E-state index in [0.29, 0.717) is 30.5 Å². The molecular weight excluding hydrogens is 417 g/mol. The molecular formula is C23H24FN3O5. The molecule has 32 heavy (non-hydrogen) atoms. The van der Waals surface area contributed by atoms with Crippen LogP contribution in [-0.4, -0.2) is 47.2 Å². The average molecular weight is 441 g/mol. The molecule has 9 heteroatoms. The number of hydrogen-bond donors (Lipinski definition) is 1.